The average Bonchev–Trinajstić information content (AvgIpc) is 3.33. The number of thioether (sulfide) groups is 1. The van der Waals surface area contributed by atoms with E-state index in [1.807, 2.05) is 12.1 Å². The molecule has 6 aliphatic rings. The highest BCUT2D eigenvalue weighted by Crippen LogP contribution is 2.55. The Hall–Kier alpha value is -1.64. The van der Waals surface area contributed by atoms with Crippen molar-refractivity contribution in [2.24, 2.45) is 17.8 Å². The summed E-state index contributed by atoms with van der Waals surface area (Å²) in [4.78, 5) is 30.6. The molecule has 1 aromatic rings. The third kappa shape index (κ3) is 4.69. The van der Waals surface area contributed by atoms with Crippen LogP contribution in [0.4, 0.5) is 0 Å². The molecule has 5 aliphatic carbocycles. The van der Waals surface area contributed by atoms with Crippen LogP contribution in [0, 0.1) is 17.8 Å². The first-order valence-electron chi connectivity index (χ1n) is 14.0. The molecule has 4 bridgehead atoms. The van der Waals surface area contributed by atoms with E-state index in [4.69, 9.17) is 4.98 Å². The van der Waals surface area contributed by atoms with E-state index < -0.39 is 17.0 Å². The van der Waals surface area contributed by atoms with Crippen molar-refractivity contribution in [2.45, 2.75) is 104 Å². The second kappa shape index (κ2) is 9.59. The first-order chi connectivity index (χ1) is 17.3. The maximum absolute atomic E-state index is 13.7. The van der Waals surface area contributed by atoms with Gasteiger partial charge in [0.15, 0.2) is 0 Å². The number of aliphatic hydroxyl groups is 1. The van der Waals surface area contributed by atoms with Crippen molar-refractivity contribution in [3.8, 4) is 0 Å². The molecule has 0 aromatic carbocycles. The number of nitrogens with one attached hydrogen (secondary N) is 2. The molecule has 6 fully saturated rings. The summed E-state index contributed by atoms with van der Waals surface area (Å²) in [6, 6.07) is 3.93. The quantitative estimate of drug-likeness (QED) is 0.438. The van der Waals surface area contributed by atoms with Crippen LogP contribution in [0.5, 0.6) is 0 Å². The lowest BCUT2D eigenvalue weighted by Gasteiger charge is -2.58. The summed E-state index contributed by atoms with van der Waals surface area (Å²) in [5, 5.41) is 28.6. The Balaban J connectivity index is 1.28. The average molecular weight is 514 g/mol. The third-order valence-electron chi connectivity index (χ3n) is 9.73. The Morgan fingerprint density at radius 2 is 1.86 bits per heavy atom. The topological polar surface area (TPSA) is 112 Å². The fourth-order valence-electron chi connectivity index (χ4n) is 8.33. The van der Waals surface area contributed by atoms with Crippen LogP contribution in [0.3, 0.4) is 0 Å². The highest BCUT2D eigenvalue weighted by atomic mass is 32.2. The lowest BCUT2D eigenvalue weighted by Crippen LogP contribution is -2.61. The molecule has 5 saturated carbocycles. The van der Waals surface area contributed by atoms with Gasteiger partial charge >= 0.3 is 5.97 Å². The Kier molecular flexibility index (Phi) is 6.57. The van der Waals surface area contributed by atoms with Gasteiger partial charge in [-0.1, -0.05) is 12.8 Å². The lowest BCUT2D eigenvalue weighted by molar-refractivity contribution is -0.138. The van der Waals surface area contributed by atoms with Gasteiger partial charge in [0.1, 0.15) is 5.03 Å². The molecule has 0 spiro atoms. The zero-order valence-electron chi connectivity index (χ0n) is 21.0. The first kappa shape index (κ1) is 24.7. The van der Waals surface area contributed by atoms with Gasteiger partial charge in [0.2, 0.25) is 0 Å². The van der Waals surface area contributed by atoms with Gasteiger partial charge in [0, 0.05) is 28.9 Å². The van der Waals surface area contributed by atoms with Crippen molar-refractivity contribution < 1.29 is 19.8 Å². The number of aromatic nitrogens is 1. The van der Waals surface area contributed by atoms with E-state index in [2.05, 4.69) is 10.6 Å². The molecule has 1 aliphatic heterocycles. The van der Waals surface area contributed by atoms with Gasteiger partial charge < -0.3 is 20.8 Å². The van der Waals surface area contributed by atoms with Gasteiger partial charge in [-0.05, 0) is 94.2 Å². The van der Waals surface area contributed by atoms with Gasteiger partial charge in [-0.3, -0.25) is 9.59 Å². The number of carbonyl (C=O) groups excluding carboxylic acids is 1. The summed E-state index contributed by atoms with van der Waals surface area (Å²) in [7, 11) is 0. The molecule has 4 N–H and O–H groups in total. The number of carboxylic acid groups (broad SMARTS) is 1. The second-order valence-corrected chi connectivity index (χ2v) is 13.7. The van der Waals surface area contributed by atoms with Crippen molar-refractivity contribution in [3.05, 3.63) is 23.4 Å². The Labute approximate surface area is 217 Å². The highest BCUT2D eigenvalue weighted by molar-refractivity contribution is 7.99. The van der Waals surface area contributed by atoms with E-state index in [1.54, 1.807) is 11.8 Å². The zero-order valence-corrected chi connectivity index (χ0v) is 21.8. The van der Waals surface area contributed by atoms with Crippen LogP contribution in [0.25, 0.3) is 0 Å². The highest BCUT2D eigenvalue weighted by Gasteiger charge is 2.55. The molecule has 1 amide bonds. The molecule has 2 heterocycles. The van der Waals surface area contributed by atoms with Gasteiger partial charge in [0.05, 0.1) is 17.6 Å². The smallest absolute Gasteiger partial charge is 0.304 e. The molecular formula is C28H39N3O4S. The van der Waals surface area contributed by atoms with Crippen molar-refractivity contribution in [3.63, 3.8) is 0 Å². The zero-order chi connectivity index (χ0) is 24.9. The lowest BCUT2D eigenvalue weighted by atomic mass is 9.52. The molecule has 196 valence electrons. The van der Waals surface area contributed by atoms with Crippen molar-refractivity contribution >= 4 is 23.6 Å². The fraction of sp³-hybridized carbons (Fsp3) is 0.750. The summed E-state index contributed by atoms with van der Waals surface area (Å²) in [5.74, 6) is 0.444. The van der Waals surface area contributed by atoms with Crippen LogP contribution in [0.1, 0.15) is 93.1 Å². The number of piperidine rings is 1. The number of pyridine rings is 1. The van der Waals surface area contributed by atoms with Crippen LogP contribution >= 0.6 is 11.8 Å². The number of hydrogen-bond donors (Lipinski definition) is 4. The van der Waals surface area contributed by atoms with Gasteiger partial charge in [-0.15, -0.1) is 11.8 Å². The standard InChI is InChI=1S/C28H39N3O4S/c32-23(33)15-27(8-3-9-29-16-27)22-7-6-21(26(30-22)36-20-4-1-2-5-20)25(34)31-24-18-10-17-11-19(24)14-28(35,12-17)13-18/h6-7,17-20,24,29,35H,1-5,8-16H2,(H,31,34)(H,32,33)/t17?,18?,19?,24-,27-,28+/m0/s1. The predicted molar refractivity (Wildman–Crippen MR) is 138 cm³/mol. The number of carboxylic acids is 1. The SMILES string of the molecule is O=C(O)C[C@@]1(c2ccc(C(=O)N[C@H]3C4CC5CC3C[C@@](O)(C5)C4)c(SC3CCCC3)n2)CCCNC1. The molecule has 8 heteroatoms. The minimum atomic E-state index is -0.809. The number of aliphatic carboxylic acids is 1. The van der Waals surface area contributed by atoms with Crippen molar-refractivity contribution in [1.82, 2.24) is 15.6 Å². The maximum atomic E-state index is 13.7. The van der Waals surface area contributed by atoms with E-state index >= 15 is 0 Å². The summed E-state index contributed by atoms with van der Waals surface area (Å²) in [5.41, 5.74) is 0.362. The van der Waals surface area contributed by atoms with Crippen molar-refractivity contribution in [1.29, 1.82) is 0 Å². The fourth-order valence-corrected chi connectivity index (χ4v) is 9.65. The maximum Gasteiger partial charge on any atom is 0.304 e. The van der Waals surface area contributed by atoms with Gasteiger partial charge in [-0.2, -0.15) is 0 Å². The van der Waals surface area contributed by atoms with Crippen LogP contribution in [0.2, 0.25) is 0 Å². The van der Waals surface area contributed by atoms with E-state index in [0.29, 0.717) is 35.1 Å². The Bertz CT molecular complexity index is 1000. The Morgan fingerprint density at radius 3 is 2.50 bits per heavy atom. The number of nitrogens with zero attached hydrogens (tertiary/aromatic N) is 1. The Morgan fingerprint density at radius 1 is 1.11 bits per heavy atom. The third-order valence-corrected chi connectivity index (χ3v) is 11.1. The van der Waals surface area contributed by atoms with Gasteiger partial charge in [0.25, 0.3) is 5.91 Å². The summed E-state index contributed by atoms with van der Waals surface area (Å²) < 4.78 is 0. The van der Waals surface area contributed by atoms with E-state index in [-0.39, 0.29) is 18.4 Å². The predicted octanol–water partition coefficient (Wildman–Crippen LogP) is 3.88. The monoisotopic (exact) mass is 513 g/mol. The molecular weight excluding hydrogens is 474 g/mol. The molecule has 1 saturated heterocycles. The van der Waals surface area contributed by atoms with Gasteiger partial charge in [-0.25, -0.2) is 4.98 Å². The van der Waals surface area contributed by atoms with Crippen LogP contribution < -0.4 is 10.6 Å². The molecule has 2 unspecified atom stereocenters. The molecule has 7 nitrogen and oxygen atoms in total. The first-order valence-corrected chi connectivity index (χ1v) is 14.8. The molecule has 0 radical (unpaired) electrons. The molecule has 36 heavy (non-hydrogen) atoms. The molecule has 1 aromatic heterocycles. The van der Waals surface area contributed by atoms with Crippen LogP contribution in [-0.4, -0.2) is 57.1 Å². The minimum Gasteiger partial charge on any atom is -0.481 e. The number of hydrogen-bond acceptors (Lipinski definition) is 6. The molecule has 3 atom stereocenters. The van der Waals surface area contributed by atoms with E-state index in [1.165, 1.54) is 12.8 Å². The number of rotatable bonds is 7. The number of amides is 1. The summed E-state index contributed by atoms with van der Waals surface area (Å²) in [6.07, 6.45) is 11.2. The van der Waals surface area contributed by atoms with Crippen molar-refractivity contribution in [2.75, 3.05) is 13.1 Å². The molecule has 7 rings (SSSR count). The minimum absolute atomic E-state index is 0.0432. The van der Waals surface area contributed by atoms with Crippen LogP contribution in [-0.2, 0) is 10.2 Å². The normalized spacial score (nSPS) is 37.8. The summed E-state index contributed by atoms with van der Waals surface area (Å²) in [6.45, 7) is 1.49. The van der Waals surface area contributed by atoms with E-state index in [9.17, 15) is 19.8 Å². The summed E-state index contributed by atoms with van der Waals surface area (Å²) >= 11 is 1.71. The largest absolute Gasteiger partial charge is 0.481 e. The van der Waals surface area contributed by atoms with E-state index in [0.717, 1.165) is 75.1 Å². The number of carbonyl (C=O) groups is 2. The second-order valence-electron chi connectivity index (χ2n) is 12.4. The van der Waals surface area contributed by atoms with Crippen LogP contribution in [0.15, 0.2) is 17.2 Å².